The number of hydrogen-bond acceptors (Lipinski definition) is 1. The summed E-state index contributed by atoms with van der Waals surface area (Å²) in [6, 6.07) is 79.4. The van der Waals surface area contributed by atoms with Crippen LogP contribution in [-0.4, -0.2) is 9.13 Å². The molecule has 0 aliphatic carbocycles. The third kappa shape index (κ3) is 6.19. The Balaban J connectivity index is 0.967. The van der Waals surface area contributed by atoms with Crippen molar-refractivity contribution >= 4 is 83.3 Å². The van der Waals surface area contributed by atoms with Crippen LogP contribution in [0.15, 0.2) is 218 Å². The summed E-state index contributed by atoms with van der Waals surface area (Å²) in [5.41, 5.74) is 16.6. The lowest BCUT2D eigenvalue weighted by atomic mass is 10.0. The highest BCUT2D eigenvalue weighted by molar-refractivity contribution is 14.1. The second-order valence-corrected chi connectivity index (χ2v) is 15.8. The molecule has 0 aliphatic heterocycles. The maximum absolute atomic E-state index is 2.43. The van der Waals surface area contributed by atoms with Crippen molar-refractivity contribution in [2.45, 2.75) is 4.43 Å². The molecular formula is C55H38IN3. The highest BCUT2D eigenvalue weighted by Crippen LogP contribution is 2.39. The van der Waals surface area contributed by atoms with Crippen LogP contribution in [-0.2, 0) is 4.43 Å². The number of para-hydroxylation sites is 4. The van der Waals surface area contributed by atoms with Gasteiger partial charge in [0.1, 0.15) is 0 Å². The summed E-state index contributed by atoms with van der Waals surface area (Å²) in [7, 11) is 0. The maximum Gasteiger partial charge on any atom is 0.0547 e. The van der Waals surface area contributed by atoms with Crippen molar-refractivity contribution in [3.05, 3.63) is 224 Å². The molecular weight excluding hydrogens is 830 g/mol. The topological polar surface area (TPSA) is 13.1 Å². The SMILES string of the molecule is ICc1ccc(-n2c3ccccc3c3cc(-c4ccc5c6ccccc6n(-c6ccc(-c7ccc(N(c8ccccc8)c8ccccc8)cc7)cc6)c5c4)ccc32)cc1. The first-order valence-corrected chi connectivity index (χ1v) is 21.6. The first kappa shape index (κ1) is 35.3. The quantitative estimate of drug-likeness (QED) is 0.110. The molecule has 11 rings (SSSR count). The van der Waals surface area contributed by atoms with E-state index in [1.54, 1.807) is 0 Å². The van der Waals surface area contributed by atoms with Crippen LogP contribution in [0.3, 0.4) is 0 Å². The van der Waals surface area contributed by atoms with Crippen molar-refractivity contribution in [2.75, 3.05) is 4.90 Å². The van der Waals surface area contributed by atoms with Crippen molar-refractivity contribution in [1.82, 2.24) is 9.13 Å². The Morgan fingerprint density at radius 3 is 1.36 bits per heavy atom. The molecule has 0 atom stereocenters. The van der Waals surface area contributed by atoms with E-state index in [0.717, 1.165) is 27.2 Å². The van der Waals surface area contributed by atoms with Gasteiger partial charge >= 0.3 is 0 Å². The Hall–Kier alpha value is -6.89. The molecule has 0 fully saturated rings. The van der Waals surface area contributed by atoms with Gasteiger partial charge in [0.2, 0.25) is 0 Å². The summed E-state index contributed by atoms with van der Waals surface area (Å²) in [4.78, 5) is 2.30. The first-order chi connectivity index (χ1) is 29.2. The van der Waals surface area contributed by atoms with Crippen molar-refractivity contribution < 1.29 is 0 Å². The highest BCUT2D eigenvalue weighted by Gasteiger charge is 2.17. The van der Waals surface area contributed by atoms with Crippen molar-refractivity contribution in [2.24, 2.45) is 0 Å². The summed E-state index contributed by atoms with van der Waals surface area (Å²) < 4.78 is 5.82. The van der Waals surface area contributed by atoms with E-state index in [-0.39, 0.29) is 0 Å². The molecule has 0 bridgehead atoms. The standard InChI is InChI=1S/C55H38IN3/c56-37-38-19-27-46(28-20-38)58-53-18-10-8-16-49(53)51-35-41(26-34-54(51)58)42-25-33-50-48-15-7-9-17-52(48)59(55(50)36-42)47-31-23-40(24-32-47)39-21-29-45(30-22-39)57(43-11-3-1-4-12-43)44-13-5-2-6-14-44/h1-36H,37H2. The van der Waals surface area contributed by atoms with Gasteiger partial charge in [-0.25, -0.2) is 0 Å². The molecule has 0 amide bonds. The van der Waals surface area contributed by atoms with E-state index >= 15 is 0 Å². The number of benzene rings is 9. The molecule has 3 nitrogen and oxygen atoms in total. The van der Waals surface area contributed by atoms with Crippen LogP contribution >= 0.6 is 22.6 Å². The van der Waals surface area contributed by atoms with Gasteiger partial charge in [-0.05, 0) is 119 Å². The maximum atomic E-state index is 2.43. The normalized spacial score (nSPS) is 11.5. The molecule has 0 saturated heterocycles. The minimum atomic E-state index is 1.00. The number of alkyl halides is 1. The zero-order valence-corrected chi connectivity index (χ0v) is 34.4. The van der Waals surface area contributed by atoms with Crippen molar-refractivity contribution in [1.29, 1.82) is 0 Å². The average molecular weight is 868 g/mol. The second-order valence-electron chi connectivity index (χ2n) is 15.1. The van der Waals surface area contributed by atoms with Crippen molar-refractivity contribution in [3.63, 3.8) is 0 Å². The highest BCUT2D eigenvalue weighted by atomic mass is 127. The van der Waals surface area contributed by atoms with E-state index < -0.39 is 0 Å². The summed E-state index contributed by atoms with van der Waals surface area (Å²) in [6.45, 7) is 0. The molecule has 2 heterocycles. The third-order valence-electron chi connectivity index (χ3n) is 11.6. The van der Waals surface area contributed by atoms with Crippen molar-refractivity contribution in [3.8, 4) is 33.6 Å². The Bertz CT molecular complexity index is 3230. The van der Waals surface area contributed by atoms with Gasteiger partial charge in [-0.1, -0.05) is 150 Å². The molecule has 59 heavy (non-hydrogen) atoms. The lowest BCUT2D eigenvalue weighted by molar-refractivity contribution is 1.17. The molecule has 0 N–H and O–H groups in total. The molecule has 0 radical (unpaired) electrons. The monoisotopic (exact) mass is 867 g/mol. The fourth-order valence-corrected chi connectivity index (χ4v) is 9.31. The van der Waals surface area contributed by atoms with Crippen LogP contribution in [0.5, 0.6) is 0 Å². The van der Waals surface area contributed by atoms with Crippen LogP contribution in [0.1, 0.15) is 5.56 Å². The van der Waals surface area contributed by atoms with Gasteiger partial charge in [-0.3, -0.25) is 0 Å². The van der Waals surface area contributed by atoms with E-state index in [1.807, 2.05) is 0 Å². The molecule has 0 saturated carbocycles. The lowest BCUT2D eigenvalue weighted by Gasteiger charge is -2.25. The summed E-state index contributed by atoms with van der Waals surface area (Å²) in [6.07, 6.45) is 0. The molecule has 0 spiro atoms. The Morgan fingerprint density at radius 1 is 0.322 bits per heavy atom. The van der Waals surface area contributed by atoms with E-state index in [1.165, 1.54) is 77.1 Å². The number of halogens is 1. The number of rotatable bonds is 8. The van der Waals surface area contributed by atoms with Crippen LogP contribution in [0.4, 0.5) is 17.1 Å². The lowest BCUT2D eigenvalue weighted by Crippen LogP contribution is -2.09. The summed E-state index contributed by atoms with van der Waals surface area (Å²) in [5, 5.41) is 5.02. The number of hydrogen-bond donors (Lipinski definition) is 0. The molecule has 0 unspecified atom stereocenters. The summed E-state index contributed by atoms with van der Waals surface area (Å²) >= 11 is 2.43. The molecule has 9 aromatic carbocycles. The number of fused-ring (bicyclic) bond motifs is 6. The molecule has 0 aliphatic rings. The van der Waals surface area contributed by atoms with Crippen LogP contribution in [0.2, 0.25) is 0 Å². The fraction of sp³-hybridized carbons (Fsp3) is 0.0182. The number of anilines is 3. The van der Waals surface area contributed by atoms with Crippen LogP contribution < -0.4 is 4.90 Å². The zero-order chi connectivity index (χ0) is 39.3. The minimum Gasteiger partial charge on any atom is -0.311 e. The third-order valence-corrected chi connectivity index (χ3v) is 12.5. The second kappa shape index (κ2) is 14.8. The van der Waals surface area contributed by atoms with Gasteiger partial charge in [0, 0.05) is 54.4 Å². The largest absolute Gasteiger partial charge is 0.311 e. The fourth-order valence-electron chi connectivity index (χ4n) is 8.80. The number of aromatic nitrogens is 2. The summed E-state index contributed by atoms with van der Waals surface area (Å²) in [5.74, 6) is 0. The molecule has 280 valence electrons. The predicted molar refractivity (Wildman–Crippen MR) is 258 cm³/mol. The van der Waals surface area contributed by atoms with Gasteiger partial charge in [-0.15, -0.1) is 0 Å². The van der Waals surface area contributed by atoms with Gasteiger partial charge in [0.15, 0.2) is 0 Å². The van der Waals surface area contributed by atoms with Gasteiger partial charge in [0.25, 0.3) is 0 Å². The Labute approximate surface area is 357 Å². The van der Waals surface area contributed by atoms with Crippen LogP contribution in [0, 0.1) is 0 Å². The minimum absolute atomic E-state index is 1.00. The Kier molecular flexibility index (Phi) is 8.85. The van der Waals surface area contributed by atoms with Gasteiger partial charge < -0.3 is 14.0 Å². The van der Waals surface area contributed by atoms with Gasteiger partial charge in [-0.2, -0.15) is 0 Å². The Morgan fingerprint density at radius 2 is 0.746 bits per heavy atom. The van der Waals surface area contributed by atoms with E-state index in [0.29, 0.717) is 0 Å². The van der Waals surface area contributed by atoms with E-state index in [4.69, 9.17) is 0 Å². The molecule has 2 aromatic heterocycles. The van der Waals surface area contributed by atoms with Crippen LogP contribution in [0.25, 0.3) is 77.2 Å². The van der Waals surface area contributed by atoms with E-state index in [9.17, 15) is 0 Å². The first-order valence-electron chi connectivity index (χ1n) is 20.0. The average Bonchev–Trinajstić information content (AvgIpc) is 3.82. The number of nitrogens with zero attached hydrogens (tertiary/aromatic N) is 3. The predicted octanol–water partition coefficient (Wildman–Crippen LogP) is 15.6. The molecule has 4 heteroatoms. The molecule has 11 aromatic rings. The smallest absolute Gasteiger partial charge is 0.0547 e. The van der Waals surface area contributed by atoms with Gasteiger partial charge in [0.05, 0.1) is 22.1 Å². The van der Waals surface area contributed by atoms with E-state index in [2.05, 4.69) is 255 Å². The zero-order valence-electron chi connectivity index (χ0n) is 32.2.